The van der Waals surface area contributed by atoms with Gasteiger partial charge < -0.3 is 31.5 Å². The van der Waals surface area contributed by atoms with Crippen molar-refractivity contribution in [2.45, 2.75) is 69.6 Å². The number of fused-ring (bicyclic) bond motifs is 3. The highest BCUT2D eigenvalue weighted by Gasteiger charge is 2.64. The number of hydrogen-bond donors (Lipinski definition) is 6. The van der Waals surface area contributed by atoms with E-state index in [2.05, 4.69) is 5.32 Å². The number of carbonyl (C=O) groups excluding carboxylic acids is 3. The molecule has 1 amide bonds. The average molecular weight is 588 g/mol. The van der Waals surface area contributed by atoms with Gasteiger partial charge in [0.05, 0.1) is 11.6 Å². The number of likely N-dealkylation sites (N-methyl/N-ethyl adjacent to an activating group) is 1. The minimum absolute atomic E-state index is 0.00255. The van der Waals surface area contributed by atoms with Crippen LogP contribution in [0.3, 0.4) is 0 Å². The first-order chi connectivity index (χ1) is 19.4. The van der Waals surface area contributed by atoms with Gasteiger partial charge in [-0.3, -0.25) is 19.3 Å². The largest absolute Gasteiger partial charge is 0.508 e. The molecule has 0 aliphatic heterocycles. The van der Waals surface area contributed by atoms with E-state index in [4.69, 9.17) is 17.3 Å². The van der Waals surface area contributed by atoms with Gasteiger partial charge in [-0.25, -0.2) is 0 Å². The molecule has 10 nitrogen and oxygen atoms in total. The van der Waals surface area contributed by atoms with Gasteiger partial charge in [0, 0.05) is 23.1 Å². The van der Waals surface area contributed by atoms with Crippen LogP contribution in [0.1, 0.15) is 61.6 Å². The van der Waals surface area contributed by atoms with E-state index < -0.39 is 58.0 Å². The number of phenolic OH excluding ortho intramolecular Hbond substituents is 1. The lowest BCUT2D eigenvalue weighted by atomic mass is 9.57. The van der Waals surface area contributed by atoms with Crippen LogP contribution in [-0.2, 0) is 27.3 Å². The lowest BCUT2D eigenvalue weighted by Crippen LogP contribution is -2.65. The number of ketones is 2. The highest BCUT2D eigenvalue weighted by atomic mass is 35.5. The highest BCUT2D eigenvalue weighted by molar-refractivity contribution is 6.32. The fourth-order valence-corrected chi connectivity index (χ4v) is 7.77. The molecule has 0 bridgehead atoms. The van der Waals surface area contributed by atoms with Crippen molar-refractivity contribution in [2.24, 2.45) is 23.5 Å². The van der Waals surface area contributed by atoms with Crippen molar-refractivity contribution in [3.8, 4) is 5.75 Å². The summed E-state index contributed by atoms with van der Waals surface area (Å²) in [5, 5.41) is 48.7. The predicted molar refractivity (Wildman–Crippen MR) is 152 cm³/mol. The molecule has 0 aromatic heterocycles. The third-order valence-corrected chi connectivity index (χ3v) is 9.97. The molecule has 1 aromatic carbocycles. The van der Waals surface area contributed by atoms with Gasteiger partial charge >= 0.3 is 0 Å². The van der Waals surface area contributed by atoms with Gasteiger partial charge in [-0.1, -0.05) is 43.7 Å². The third-order valence-electron chi connectivity index (χ3n) is 9.50. The summed E-state index contributed by atoms with van der Waals surface area (Å²) >= 11 is 6.82. The number of nitrogens with one attached hydrogen (secondary N) is 1. The van der Waals surface area contributed by atoms with Crippen LogP contribution in [0.25, 0.3) is 5.76 Å². The summed E-state index contributed by atoms with van der Waals surface area (Å²) in [5.74, 6) is -6.07. The van der Waals surface area contributed by atoms with Crippen molar-refractivity contribution in [1.82, 2.24) is 10.2 Å². The number of benzene rings is 1. The molecule has 2 fully saturated rings. The summed E-state index contributed by atoms with van der Waals surface area (Å²) in [7, 11) is 3.13. The molecule has 41 heavy (non-hydrogen) atoms. The summed E-state index contributed by atoms with van der Waals surface area (Å²) in [6, 6.07) is 0.330. The van der Waals surface area contributed by atoms with Crippen molar-refractivity contribution >= 4 is 34.8 Å². The van der Waals surface area contributed by atoms with Crippen LogP contribution in [-0.4, -0.2) is 75.1 Å². The Morgan fingerprint density at radius 2 is 1.85 bits per heavy atom. The number of halogens is 1. The molecule has 0 heterocycles. The summed E-state index contributed by atoms with van der Waals surface area (Å²) in [4.78, 5) is 40.7. The second-order valence-corrected chi connectivity index (χ2v) is 12.5. The minimum atomic E-state index is -2.66. The van der Waals surface area contributed by atoms with Crippen LogP contribution in [0.5, 0.6) is 5.75 Å². The zero-order valence-electron chi connectivity index (χ0n) is 23.4. The van der Waals surface area contributed by atoms with Crippen LogP contribution >= 0.6 is 11.6 Å². The van der Waals surface area contributed by atoms with Gasteiger partial charge in [-0.2, -0.15) is 0 Å². The summed E-state index contributed by atoms with van der Waals surface area (Å²) in [6.45, 7) is 1.23. The molecule has 1 aromatic rings. The maximum absolute atomic E-state index is 13.9. The maximum Gasteiger partial charge on any atom is 0.255 e. The number of nitrogens with zero attached hydrogens (tertiary/aromatic N) is 1. The fraction of sp³-hybridized carbons (Fsp3) is 0.567. The Labute approximate surface area is 243 Å². The van der Waals surface area contributed by atoms with Crippen molar-refractivity contribution in [2.75, 3.05) is 20.6 Å². The van der Waals surface area contributed by atoms with E-state index >= 15 is 0 Å². The third kappa shape index (κ3) is 4.74. The topological polar surface area (TPSA) is 173 Å². The number of phenols is 1. The molecule has 0 radical (unpaired) electrons. The van der Waals surface area contributed by atoms with Gasteiger partial charge in [0.1, 0.15) is 22.8 Å². The smallest absolute Gasteiger partial charge is 0.255 e. The zero-order valence-corrected chi connectivity index (χ0v) is 24.1. The number of aliphatic hydroxyl groups is 3. The van der Waals surface area contributed by atoms with Crippen LogP contribution in [0.2, 0.25) is 5.02 Å². The van der Waals surface area contributed by atoms with Gasteiger partial charge in [-0.05, 0) is 68.9 Å². The molecule has 2 saturated carbocycles. The SMILES string of the molecule is CN(C)[C@@H]1C(=O)C(C(N)=O)=C(O)[C@@]2(O)C(=O)C3=C(O)c4c(O)cc(CNCCC5CCCCC5)c(Cl)c4C[C@H]3C[C@@H]12. The Bertz CT molecular complexity index is 1360. The number of carbonyl (C=O) groups is 3. The molecule has 222 valence electrons. The Hall–Kier alpha value is -2.92. The maximum atomic E-state index is 13.9. The van der Waals surface area contributed by atoms with Crippen molar-refractivity contribution < 1.29 is 34.8 Å². The quantitative estimate of drug-likeness (QED) is 0.207. The van der Waals surface area contributed by atoms with E-state index in [9.17, 15) is 34.8 Å². The van der Waals surface area contributed by atoms with Crippen molar-refractivity contribution in [1.29, 1.82) is 0 Å². The van der Waals surface area contributed by atoms with E-state index in [1.54, 1.807) is 14.1 Å². The molecular formula is C30H38ClN3O7. The molecule has 0 saturated heterocycles. The van der Waals surface area contributed by atoms with Crippen molar-refractivity contribution in [3.63, 3.8) is 0 Å². The molecule has 0 spiro atoms. The molecule has 11 heteroatoms. The second-order valence-electron chi connectivity index (χ2n) is 12.2. The van der Waals surface area contributed by atoms with E-state index in [0.717, 1.165) is 18.9 Å². The minimum Gasteiger partial charge on any atom is -0.508 e. The lowest BCUT2D eigenvalue weighted by Gasteiger charge is -2.50. The Balaban J connectivity index is 1.49. The molecule has 0 unspecified atom stereocenters. The average Bonchev–Trinajstić information content (AvgIpc) is 2.91. The number of amides is 1. The number of aliphatic hydroxyl groups excluding tert-OH is 2. The Morgan fingerprint density at radius 3 is 2.49 bits per heavy atom. The van der Waals surface area contributed by atoms with E-state index in [1.165, 1.54) is 43.1 Å². The number of rotatable bonds is 7. The van der Waals surface area contributed by atoms with Gasteiger partial charge in [0.15, 0.2) is 11.4 Å². The van der Waals surface area contributed by atoms with E-state index in [-0.39, 0.29) is 29.7 Å². The Morgan fingerprint density at radius 1 is 1.17 bits per heavy atom. The first kappa shape index (κ1) is 29.6. The number of aromatic hydroxyl groups is 1. The number of hydrogen-bond acceptors (Lipinski definition) is 9. The standard InChI is InChI=1S/C30H38ClN3O7/c1-34(2)24-18-11-15-10-17-21(19(35)12-16(23(17)31)13-33-9-8-14-6-4-3-5-7-14)25(36)20(15)27(38)30(18,41)28(39)22(26(24)37)29(32)40/h12,14-15,18,24,33,35-36,39,41H,3-11,13H2,1-2H3,(H2,32,40)/t15-,18-,24-,30-/m0/s1. The molecule has 5 rings (SSSR count). The first-order valence-electron chi connectivity index (χ1n) is 14.3. The van der Waals surface area contributed by atoms with E-state index in [0.29, 0.717) is 22.7 Å². The van der Waals surface area contributed by atoms with Crippen LogP contribution in [0.4, 0.5) is 0 Å². The van der Waals surface area contributed by atoms with Gasteiger partial charge in [0.25, 0.3) is 5.91 Å². The zero-order chi connectivity index (χ0) is 29.8. The number of nitrogens with two attached hydrogens (primary N) is 1. The summed E-state index contributed by atoms with van der Waals surface area (Å²) in [5.41, 5.74) is 2.80. The molecule has 4 aliphatic carbocycles. The molecule has 4 aliphatic rings. The van der Waals surface area contributed by atoms with Gasteiger partial charge in [-0.15, -0.1) is 0 Å². The van der Waals surface area contributed by atoms with Crippen LogP contribution in [0.15, 0.2) is 23.0 Å². The highest BCUT2D eigenvalue weighted by Crippen LogP contribution is 2.53. The molecule has 4 atom stereocenters. The summed E-state index contributed by atoms with van der Waals surface area (Å²) in [6.07, 6.45) is 7.63. The van der Waals surface area contributed by atoms with Crippen molar-refractivity contribution in [3.05, 3.63) is 44.7 Å². The van der Waals surface area contributed by atoms with Gasteiger partial charge in [0.2, 0.25) is 5.78 Å². The monoisotopic (exact) mass is 587 g/mol. The Kier molecular flexibility index (Phi) is 7.97. The second kappa shape index (κ2) is 11.1. The fourth-order valence-electron chi connectivity index (χ4n) is 7.48. The normalized spacial score (nSPS) is 28.6. The lowest BCUT2D eigenvalue weighted by molar-refractivity contribution is -0.153. The first-order valence-corrected chi connectivity index (χ1v) is 14.7. The van der Waals surface area contributed by atoms with Crippen LogP contribution < -0.4 is 11.1 Å². The molecule has 7 N–H and O–H groups in total. The number of Topliss-reactive ketones (excluding diaryl/α,β-unsaturated/α-hetero) is 2. The predicted octanol–water partition coefficient (Wildman–Crippen LogP) is 2.68. The number of primary amides is 1. The van der Waals surface area contributed by atoms with E-state index in [1.807, 2.05) is 0 Å². The van der Waals surface area contributed by atoms with Crippen LogP contribution in [0, 0.1) is 17.8 Å². The summed E-state index contributed by atoms with van der Waals surface area (Å²) < 4.78 is 0. The molecular weight excluding hydrogens is 550 g/mol.